The molecule has 0 saturated carbocycles. The number of carbonyl (C=O) groups is 1. The van der Waals surface area contributed by atoms with Gasteiger partial charge in [-0.05, 0) is 30.3 Å². The predicted octanol–water partition coefficient (Wildman–Crippen LogP) is 3.90. The molecule has 0 aliphatic carbocycles. The van der Waals surface area contributed by atoms with E-state index in [9.17, 15) is 4.79 Å². The van der Waals surface area contributed by atoms with Gasteiger partial charge in [0.15, 0.2) is 16.6 Å². The van der Waals surface area contributed by atoms with Crippen molar-refractivity contribution < 1.29 is 14.3 Å². The molecule has 0 aliphatic rings. The third-order valence-electron chi connectivity index (χ3n) is 4.01. The van der Waals surface area contributed by atoms with Crippen molar-refractivity contribution in [2.75, 3.05) is 38.0 Å². The lowest BCUT2D eigenvalue weighted by Crippen LogP contribution is -2.29. The number of para-hydroxylation sites is 1. The van der Waals surface area contributed by atoms with Crippen molar-refractivity contribution in [1.29, 1.82) is 0 Å². The van der Waals surface area contributed by atoms with Gasteiger partial charge in [0.2, 0.25) is 5.91 Å². The van der Waals surface area contributed by atoms with Crippen LogP contribution >= 0.6 is 11.3 Å². The van der Waals surface area contributed by atoms with Crippen molar-refractivity contribution in [2.45, 2.75) is 0 Å². The zero-order valence-electron chi connectivity index (χ0n) is 15.4. The van der Waals surface area contributed by atoms with Gasteiger partial charge < -0.3 is 19.7 Å². The van der Waals surface area contributed by atoms with E-state index < -0.39 is 0 Å². The first-order valence-corrected chi connectivity index (χ1v) is 9.22. The van der Waals surface area contributed by atoms with E-state index in [0.717, 1.165) is 16.9 Å². The van der Waals surface area contributed by atoms with Crippen LogP contribution in [0.25, 0.3) is 11.3 Å². The Morgan fingerprint density at radius 2 is 1.85 bits per heavy atom. The average Bonchev–Trinajstić information content (AvgIpc) is 3.16. The van der Waals surface area contributed by atoms with Crippen molar-refractivity contribution in [3.63, 3.8) is 0 Å². The van der Waals surface area contributed by atoms with Gasteiger partial charge in [0.25, 0.3) is 0 Å². The fourth-order valence-corrected chi connectivity index (χ4v) is 3.34. The highest BCUT2D eigenvalue weighted by Crippen LogP contribution is 2.33. The Hall–Kier alpha value is -3.06. The summed E-state index contributed by atoms with van der Waals surface area (Å²) in [5.74, 6) is 1.18. The lowest BCUT2D eigenvalue weighted by Gasteiger charge is -2.18. The van der Waals surface area contributed by atoms with Crippen molar-refractivity contribution in [2.24, 2.45) is 0 Å². The van der Waals surface area contributed by atoms with Crippen LogP contribution in [0.4, 0.5) is 10.8 Å². The van der Waals surface area contributed by atoms with Crippen molar-refractivity contribution in [3.8, 4) is 22.8 Å². The van der Waals surface area contributed by atoms with Crippen LogP contribution < -0.4 is 19.7 Å². The quantitative estimate of drug-likeness (QED) is 0.670. The van der Waals surface area contributed by atoms with Gasteiger partial charge in [-0.3, -0.25) is 4.79 Å². The molecule has 0 fully saturated rings. The molecule has 6 nitrogen and oxygen atoms in total. The second-order valence-corrected chi connectivity index (χ2v) is 6.71. The number of nitrogens with zero attached hydrogens (tertiary/aromatic N) is 2. The van der Waals surface area contributed by atoms with Crippen LogP contribution in [0.1, 0.15) is 0 Å². The number of amides is 1. The first-order valence-electron chi connectivity index (χ1n) is 8.34. The number of benzene rings is 2. The van der Waals surface area contributed by atoms with E-state index in [1.54, 1.807) is 14.2 Å². The Balaban J connectivity index is 1.66. The number of anilines is 2. The molecule has 0 radical (unpaired) electrons. The normalized spacial score (nSPS) is 10.3. The van der Waals surface area contributed by atoms with Gasteiger partial charge in [-0.15, -0.1) is 11.3 Å². The fourth-order valence-electron chi connectivity index (χ4n) is 2.61. The maximum atomic E-state index is 12.3. The van der Waals surface area contributed by atoms with E-state index in [4.69, 9.17) is 9.47 Å². The van der Waals surface area contributed by atoms with E-state index in [1.807, 2.05) is 65.9 Å². The minimum Gasteiger partial charge on any atom is -0.493 e. The number of hydrogen-bond acceptors (Lipinski definition) is 6. The second-order valence-electron chi connectivity index (χ2n) is 5.85. The molecular weight excluding hydrogens is 362 g/mol. The Labute approximate surface area is 162 Å². The number of rotatable bonds is 7. The highest BCUT2D eigenvalue weighted by atomic mass is 32.1. The maximum absolute atomic E-state index is 12.3. The number of likely N-dealkylation sites (N-methyl/N-ethyl adjacent to an activating group) is 1. The molecule has 0 bridgehead atoms. The molecule has 0 spiro atoms. The summed E-state index contributed by atoms with van der Waals surface area (Å²) in [5.41, 5.74) is 2.65. The summed E-state index contributed by atoms with van der Waals surface area (Å²) in [5, 5.41) is 5.32. The van der Waals surface area contributed by atoms with Crippen LogP contribution in [-0.4, -0.2) is 38.7 Å². The van der Waals surface area contributed by atoms with Crippen LogP contribution in [0.2, 0.25) is 0 Å². The molecule has 140 valence electrons. The minimum atomic E-state index is -0.116. The third-order valence-corrected chi connectivity index (χ3v) is 4.77. The fraction of sp³-hybridized carbons (Fsp3) is 0.200. The molecule has 0 saturated heterocycles. The van der Waals surface area contributed by atoms with E-state index in [1.165, 1.54) is 11.3 Å². The molecule has 0 unspecified atom stereocenters. The Bertz CT molecular complexity index is 912. The van der Waals surface area contributed by atoms with Gasteiger partial charge in [0.1, 0.15) is 0 Å². The Morgan fingerprint density at radius 3 is 2.56 bits per heavy atom. The number of aromatic nitrogens is 1. The number of thiazole rings is 1. The lowest BCUT2D eigenvalue weighted by molar-refractivity contribution is -0.114. The molecule has 27 heavy (non-hydrogen) atoms. The molecule has 0 aliphatic heterocycles. The summed E-state index contributed by atoms with van der Waals surface area (Å²) in [6.45, 7) is 0.245. The second kappa shape index (κ2) is 8.55. The number of nitrogens with one attached hydrogen (secondary N) is 1. The number of ether oxygens (including phenoxy) is 2. The number of methoxy groups -OCH3 is 2. The monoisotopic (exact) mass is 383 g/mol. The van der Waals surface area contributed by atoms with Crippen LogP contribution in [0, 0.1) is 0 Å². The van der Waals surface area contributed by atoms with Crippen molar-refractivity contribution in [1.82, 2.24) is 4.98 Å². The smallest absolute Gasteiger partial charge is 0.245 e. The van der Waals surface area contributed by atoms with Gasteiger partial charge >= 0.3 is 0 Å². The lowest BCUT2D eigenvalue weighted by atomic mass is 10.1. The van der Waals surface area contributed by atoms with Gasteiger partial charge in [-0.25, -0.2) is 4.98 Å². The molecule has 2 aromatic carbocycles. The zero-order chi connectivity index (χ0) is 19.2. The third kappa shape index (κ3) is 4.57. The summed E-state index contributed by atoms with van der Waals surface area (Å²) in [6.07, 6.45) is 0. The van der Waals surface area contributed by atoms with Gasteiger partial charge in [-0.1, -0.05) is 18.2 Å². The molecule has 0 atom stereocenters. The summed E-state index contributed by atoms with van der Waals surface area (Å²) in [4.78, 5) is 18.7. The molecular formula is C20H21N3O3S. The van der Waals surface area contributed by atoms with Crippen LogP contribution in [-0.2, 0) is 4.79 Å². The van der Waals surface area contributed by atoms with Gasteiger partial charge in [-0.2, -0.15) is 0 Å². The summed E-state index contributed by atoms with van der Waals surface area (Å²) in [7, 11) is 5.07. The van der Waals surface area contributed by atoms with E-state index >= 15 is 0 Å². The molecule has 1 heterocycles. The first-order chi connectivity index (χ1) is 13.1. The summed E-state index contributed by atoms with van der Waals surface area (Å²) >= 11 is 1.39. The highest BCUT2D eigenvalue weighted by Gasteiger charge is 2.12. The maximum Gasteiger partial charge on any atom is 0.245 e. The number of carbonyl (C=O) groups excluding carboxylic acids is 1. The van der Waals surface area contributed by atoms with Crippen LogP contribution in [0.5, 0.6) is 11.5 Å². The molecule has 7 heteroatoms. The van der Waals surface area contributed by atoms with E-state index in [-0.39, 0.29) is 12.5 Å². The standard InChI is InChI=1S/C20H21N3O3S/c1-23(15-7-5-4-6-8-15)12-19(24)22-20-21-16(13-27-20)14-9-10-17(25-2)18(11-14)26-3/h4-11,13H,12H2,1-3H3,(H,21,22,24). The first kappa shape index (κ1) is 18.7. The molecule has 3 aromatic rings. The molecule has 1 amide bonds. The molecule has 1 N–H and O–H groups in total. The Morgan fingerprint density at radius 1 is 1.11 bits per heavy atom. The van der Waals surface area contributed by atoms with E-state index in [0.29, 0.717) is 16.6 Å². The summed E-state index contributed by atoms with van der Waals surface area (Å²) < 4.78 is 10.6. The summed E-state index contributed by atoms with van der Waals surface area (Å²) in [6, 6.07) is 15.4. The van der Waals surface area contributed by atoms with Gasteiger partial charge in [0.05, 0.1) is 26.5 Å². The van der Waals surface area contributed by atoms with Crippen LogP contribution in [0.15, 0.2) is 53.9 Å². The van der Waals surface area contributed by atoms with Gasteiger partial charge in [0, 0.05) is 23.7 Å². The largest absolute Gasteiger partial charge is 0.493 e. The Kier molecular flexibility index (Phi) is 5.93. The zero-order valence-corrected chi connectivity index (χ0v) is 16.2. The SMILES string of the molecule is COc1ccc(-c2csc(NC(=O)CN(C)c3ccccc3)n2)cc1OC. The molecule has 3 rings (SSSR count). The van der Waals surface area contributed by atoms with Crippen LogP contribution in [0.3, 0.4) is 0 Å². The minimum absolute atomic E-state index is 0.116. The average molecular weight is 383 g/mol. The molecule has 1 aromatic heterocycles. The topological polar surface area (TPSA) is 63.7 Å². The highest BCUT2D eigenvalue weighted by molar-refractivity contribution is 7.14. The van der Waals surface area contributed by atoms with Crippen molar-refractivity contribution in [3.05, 3.63) is 53.9 Å². The number of hydrogen-bond donors (Lipinski definition) is 1. The van der Waals surface area contributed by atoms with E-state index in [2.05, 4.69) is 10.3 Å². The predicted molar refractivity (Wildman–Crippen MR) is 109 cm³/mol. The van der Waals surface area contributed by atoms with Crippen molar-refractivity contribution >= 4 is 28.1 Å².